The fourth-order valence-electron chi connectivity index (χ4n) is 0.404. The van der Waals surface area contributed by atoms with Crippen LogP contribution in [0.4, 0.5) is 0 Å². The van der Waals surface area contributed by atoms with Gasteiger partial charge in [-0.2, -0.15) is 0 Å². The van der Waals surface area contributed by atoms with E-state index in [4.69, 9.17) is 39.5 Å². The lowest BCUT2D eigenvalue weighted by atomic mass is 9.97. The quantitative estimate of drug-likeness (QED) is 0.525. The minimum absolute atomic E-state index is 0.383. The van der Waals surface area contributed by atoms with Crippen molar-refractivity contribution in [3.8, 4) is 0 Å². The Bertz CT molecular complexity index is 191. The van der Waals surface area contributed by atoms with E-state index < -0.39 is 15.3 Å². The molecule has 0 aromatic rings. The zero-order valence-corrected chi connectivity index (χ0v) is 10.3. The van der Waals surface area contributed by atoms with Crippen molar-refractivity contribution < 1.29 is 9.53 Å². The first-order chi connectivity index (χ1) is 5.55. The first-order valence-electron chi connectivity index (χ1n) is 3.83. The molecule has 0 heterocycles. The molecular formula is C8H13Cl3O2. The third kappa shape index (κ3) is 4.94. The van der Waals surface area contributed by atoms with Crippen LogP contribution < -0.4 is 0 Å². The molecule has 0 spiro atoms. The molecule has 5 heteroatoms. The Labute approximate surface area is 93.5 Å². The van der Waals surface area contributed by atoms with Gasteiger partial charge < -0.3 is 4.74 Å². The molecule has 0 aliphatic heterocycles. The fraction of sp³-hybridized carbons (Fsp3) is 0.875. The van der Waals surface area contributed by atoms with Crippen LogP contribution in [0.2, 0.25) is 0 Å². The summed E-state index contributed by atoms with van der Waals surface area (Å²) in [5.74, 6) is -0.383. The Kier molecular flexibility index (Phi) is 4.35. The van der Waals surface area contributed by atoms with Crippen LogP contribution in [0.15, 0.2) is 0 Å². The fourth-order valence-corrected chi connectivity index (χ4v) is 0.538. The highest BCUT2D eigenvalue weighted by Crippen LogP contribution is 2.33. The van der Waals surface area contributed by atoms with Crippen LogP contribution in [0, 0.1) is 5.41 Å². The molecule has 0 aliphatic carbocycles. The molecule has 0 amide bonds. The van der Waals surface area contributed by atoms with Gasteiger partial charge in [-0.15, -0.1) is 0 Å². The number of alkyl halides is 3. The highest BCUT2D eigenvalue weighted by atomic mass is 35.6. The van der Waals surface area contributed by atoms with E-state index >= 15 is 0 Å². The van der Waals surface area contributed by atoms with Gasteiger partial charge in [-0.25, -0.2) is 0 Å². The molecule has 0 N–H and O–H groups in total. The van der Waals surface area contributed by atoms with Gasteiger partial charge in [0.05, 0.1) is 5.41 Å². The summed E-state index contributed by atoms with van der Waals surface area (Å²) in [4.78, 5) is 11.3. The van der Waals surface area contributed by atoms with E-state index in [1.807, 2.05) is 0 Å². The molecule has 13 heavy (non-hydrogen) atoms. The van der Waals surface area contributed by atoms with Crippen molar-refractivity contribution in [2.24, 2.45) is 5.41 Å². The normalized spacial score (nSPS) is 15.3. The first kappa shape index (κ1) is 13.3. The van der Waals surface area contributed by atoms with Gasteiger partial charge in [-0.05, 0) is 27.7 Å². The van der Waals surface area contributed by atoms with Crippen LogP contribution in [0.5, 0.6) is 0 Å². The Morgan fingerprint density at radius 2 is 1.62 bits per heavy atom. The van der Waals surface area contributed by atoms with E-state index in [2.05, 4.69) is 0 Å². The summed E-state index contributed by atoms with van der Waals surface area (Å²) in [6, 6.07) is 0. The number of carbonyl (C=O) groups excluding carboxylic acids is 1. The second-order valence-corrected chi connectivity index (χ2v) is 6.21. The molecule has 1 unspecified atom stereocenters. The monoisotopic (exact) mass is 246 g/mol. The third-order valence-corrected chi connectivity index (χ3v) is 2.28. The summed E-state index contributed by atoms with van der Waals surface area (Å²) in [5, 5.41) is 0. The van der Waals surface area contributed by atoms with E-state index in [-0.39, 0.29) is 5.97 Å². The number of hydrogen-bond acceptors (Lipinski definition) is 2. The largest absolute Gasteiger partial charge is 0.458 e. The van der Waals surface area contributed by atoms with Gasteiger partial charge in [-0.1, -0.05) is 34.8 Å². The summed E-state index contributed by atoms with van der Waals surface area (Å²) in [7, 11) is 0. The number of carbonyl (C=O) groups is 1. The van der Waals surface area contributed by atoms with Crippen LogP contribution in [-0.2, 0) is 9.53 Å². The van der Waals surface area contributed by atoms with E-state index in [1.54, 1.807) is 20.8 Å². The predicted octanol–water partition coefficient (Wildman–Crippen LogP) is 3.33. The van der Waals surface area contributed by atoms with Gasteiger partial charge in [0, 0.05) is 0 Å². The maximum Gasteiger partial charge on any atom is 0.311 e. The summed E-state index contributed by atoms with van der Waals surface area (Å²) in [6.07, 6.45) is -0.746. The minimum atomic E-state index is -1.57. The summed E-state index contributed by atoms with van der Waals surface area (Å²) in [5.41, 5.74) is -0.579. The van der Waals surface area contributed by atoms with E-state index in [0.717, 1.165) is 0 Å². The van der Waals surface area contributed by atoms with E-state index in [9.17, 15) is 4.79 Å². The molecule has 0 saturated carbocycles. The molecule has 0 radical (unpaired) electrons. The van der Waals surface area contributed by atoms with Crippen molar-refractivity contribution in [1.29, 1.82) is 0 Å². The molecular weight excluding hydrogens is 234 g/mol. The molecule has 78 valence electrons. The van der Waals surface area contributed by atoms with Crippen LogP contribution in [0.3, 0.4) is 0 Å². The van der Waals surface area contributed by atoms with Crippen molar-refractivity contribution in [2.45, 2.75) is 37.6 Å². The predicted molar refractivity (Wildman–Crippen MR) is 55.3 cm³/mol. The van der Waals surface area contributed by atoms with Crippen LogP contribution in [-0.4, -0.2) is 15.9 Å². The van der Waals surface area contributed by atoms with Gasteiger partial charge in [0.15, 0.2) is 0 Å². The zero-order valence-electron chi connectivity index (χ0n) is 8.03. The highest BCUT2D eigenvalue weighted by Gasteiger charge is 2.34. The average molecular weight is 248 g/mol. The van der Waals surface area contributed by atoms with Crippen LogP contribution >= 0.6 is 34.8 Å². The number of halogens is 3. The van der Waals surface area contributed by atoms with Crippen LogP contribution in [0.1, 0.15) is 27.7 Å². The van der Waals surface area contributed by atoms with Crippen molar-refractivity contribution >= 4 is 40.8 Å². The maximum absolute atomic E-state index is 11.3. The standard InChI is InChI=1S/C8H13Cl3O2/c1-5(8(9,10)11)13-6(12)7(2,3)4/h5H,1-4H3. The van der Waals surface area contributed by atoms with Crippen molar-refractivity contribution in [3.63, 3.8) is 0 Å². The molecule has 1 atom stereocenters. The number of rotatable bonds is 1. The molecule has 0 fully saturated rings. The second-order valence-electron chi connectivity index (χ2n) is 3.84. The molecule has 0 rings (SSSR count). The Morgan fingerprint density at radius 1 is 1.23 bits per heavy atom. The van der Waals surface area contributed by atoms with Crippen molar-refractivity contribution in [3.05, 3.63) is 0 Å². The van der Waals surface area contributed by atoms with Crippen molar-refractivity contribution in [2.75, 3.05) is 0 Å². The van der Waals surface area contributed by atoms with E-state index in [1.165, 1.54) is 6.92 Å². The van der Waals surface area contributed by atoms with Gasteiger partial charge in [0.2, 0.25) is 3.79 Å². The maximum atomic E-state index is 11.3. The summed E-state index contributed by atoms with van der Waals surface area (Å²) in [6.45, 7) is 6.75. The third-order valence-electron chi connectivity index (χ3n) is 1.36. The topological polar surface area (TPSA) is 26.3 Å². The van der Waals surface area contributed by atoms with E-state index in [0.29, 0.717) is 0 Å². The minimum Gasteiger partial charge on any atom is -0.458 e. The van der Waals surface area contributed by atoms with Gasteiger partial charge in [0.1, 0.15) is 6.10 Å². The Balaban J connectivity index is 4.24. The molecule has 0 aliphatic rings. The number of hydrogen-bond donors (Lipinski definition) is 0. The molecule has 2 nitrogen and oxygen atoms in total. The van der Waals surface area contributed by atoms with Crippen molar-refractivity contribution in [1.82, 2.24) is 0 Å². The second kappa shape index (κ2) is 4.24. The lowest BCUT2D eigenvalue weighted by Crippen LogP contribution is -2.33. The van der Waals surface area contributed by atoms with Gasteiger partial charge in [-0.3, -0.25) is 4.79 Å². The number of ether oxygens (including phenoxy) is 1. The lowest BCUT2D eigenvalue weighted by Gasteiger charge is -2.24. The molecule has 0 saturated heterocycles. The summed E-state index contributed by atoms with van der Waals surface area (Å²) >= 11 is 16.6. The Hall–Kier alpha value is 0.340. The Morgan fingerprint density at radius 3 is 1.85 bits per heavy atom. The first-order valence-corrected chi connectivity index (χ1v) is 4.96. The molecule has 0 bridgehead atoms. The molecule has 0 aromatic carbocycles. The average Bonchev–Trinajstić information content (AvgIpc) is 1.82. The lowest BCUT2D eigenvalue weighted by molar-refractivity contribution is -0.157. The zero-order chi connectivity index (χ0) is 10.9. The number of esters is 1. The molecule has 0 aromatic heterocycles. The van der Waals surface area contributed by atoms with Gasteiger partial charge in [0.25, 0.3) is 0 Å². The van der Waals surface area contributed by atoms with Gasteiger partial charge >= 0.3 is 5.97 Å². The highest BCUT2D eigenvalue weighted by molar-refractivity contribution is 6.68. The SMILES string of the molecule is CC(OC(=O)C(C)(C)C)C(Cl)(Cl)Cl. The summed E-state index contributed by atoms with van der Waals surface area (Å²) < 4.78 is 3.38. The van der Waals surface area contributed by atoms with Crippen LogP contribution in [0.25, 0.3) is 0 Å². The smallest absolute Gasteiger partial charge is 0.311 e.